The van der Waals surface area contributed by atoms with Crippen LogP contribution in [0.25, 0.3) is 21.9 Å². The summed E-state index contributed by atoms with van der Waals surface area (Å²) >= 11 is 0. The SMILES string of the molecule is NCc1ccc(-c2cccc3cnccc23)c(F)c1. The summed E-state index contributed by atoms with van der Waals surface area (Å²) in [7, 11) is 0. The van der Waals surface area contributed by atoms with Crippen molar-refractivity contribution in [2.45, 2.75) is 6.54 Å². The summed E-state index contributed by atoms with van der Waals surface area (Å²) in [6.45, 7) is 0.344. The Balaban J connectivity index is 2.24. The van der Waals surface area contributed by atoms with Crippen LogP contribution in [0.2, 0.25) is 0 Å². The molecule has 2 nitrogen and oxygen atoms in total. The molecule has 0 aliphatic rings. The Labute approximate surface area is 110 Å². The number of rotatable bonds is 2. The highest BCUT2D eigenvalue weighted by Crippen LogP contribution is 2.30. The molecule has 19 heavy (non-hydrogen) atoms. The standard InChI is InChI=1S/C16H13FN2/c17-16-8-11(9-18)4-5-15(16)14-3-1-2-12-10-19-7-6-13(12)14/h1-8,10H,9,18H2. The molecule has 3 rings (SSSR count). The molecule has 3 aromatic rings. The number of nitrogens with two attached hydrogens (primary N) is 1. The van der Waals surface area contributed by atoms with Crippen molar-refractivity contribution in [1.29, 1.82) is 0 Å². The average Bonchev–Trinajstić information content (AvgIpc) is 2.46. The van der Waals surface area contributed by atoms with Gasteiger partial charge in [0.05, 0.1) is 0 Å². The number of hydrogen-bond donors (Lipinski definition) is 1. The molecule has 0 saturated heterocycles. The zero-order valence-corrected chi connectivity index (χ0v) is 10.3. The number of fused-ring (bicyclic) bond motifs is 1. The van der Waals surface area contributed by atoms with Gasteiger partial charge in [0.2, 0.25) is 0 Å². The Morgan fingerprint density at radius 2 is 1.95 bits per heavy atom. The third-order valence-corrected chi connectivity index (χ3v) is 3.24. The molecule has 0 spiro atoms. The molecule has 0 fully saturated rings. The van der Waals surface area contributed by atoms with Crippen LogP contribution in [0, 0.1) is 5.82 Å². The Morgan fingerprint density at radius 1 is 1.05 bits per heavy atom. The molecule has 1 aromatic heterocycles. The minimum Gasteiger partial charge on any atom is -0.326 e. The first kappa shape index (κ1) is 11.8. The number of hydrogen-bond acceptors (Lipinski definition) is 2. The minimum absolute atomic E-state index is 0.243. The molecule has 94 valence electrons. The fourth-order valence-electron chi connectivity index (χ4n) is 2.26. The molecule has 0 aliphatic heterocycles. The maximum absolute atomic E-state index is 14.2. The Kier molecular flexibility index (Phi) is 2.97. The van der Waals surface area contributed by atoms with E-state index in [4.69, 9.17) is 5.73 Å². The number of benzene rings is 2. The maximum Gasteiger partial charge on any atom is 0.131 e. The highest BCUT2D eigenvalue weighted by Gasteiger charge is 2.09. The van der Waals surface area contributed by atoms with Crippen molar-refractivity contribution in [2.24, 2.45) is 5.73 Å². The molecule has 0 bridgehead atoms. The van der Waals surface area contributed by atoms with Crippen molar-refractivity contribution in [2.75, 3.05) is 0 Å². The van der Waals surface area contributed by atoms with E-state index in [1.165, 1.54) is 6.07 Å². The smallest absolute Gasteiger partial charge is 0.131 e. The number of aromatic nitrogens is 1. The van der Waals surface area contributed by atoms with Crippen molar-refractivity contribution < 1.29 is 4.39 Å². The maximum atomic E-state index is 14.2. The first-order valence-electron chi connectivity index (χ1n) is 6.11. The van der Waals surface area contributed by atoms with Crippen LogP contribution in [0.3, 0.4) is 0 Å². The lowest BCUT2D eigenvalue weighted by atomic mass is 9.98. The molecular formula is C16H13FN2. The van der Waals surface area contributed by atoms with Crippen LogP contribution in [-0.4, -0.2) is 4.98 Å². The zero-order valence-electron chi connectivity index (χ0n) is 10.3. The van der Waals surface area contributed by atoms with Gasteiger partial charge in [0.25, 0.3) is 0 Å². The van der Waals surface area contributed by atoms with Gasteiger partial charge in [0.15, 0.2) is 0 Å². The van der Waals surface area contributed by atoms with Crippen molar-refractivity contribution >= 4 is 10.8 Å². The van der Waals surface area contributed by atoms with Crippen molar-refractivity contribution in [3.8, 4) is 11.1 Å². The van der Waals surface area contributed by atoms with Crippen LogP contribution in [0.15, 0.2) is 54.9 Å². The highest BCUT2D eigenvalue weighted by molar-refractivity contribution is 5.96. The molecular weight excluding hydrogens is 239 g/mol. The number of halogens is 1. The molecule has 0 aliphatic carbocycles. The normalized spacial score (nSPS) is 10.8. The fourth-order valence-corrected chi connectivity index (χ4v) is 2.26. The van der Waals surface area contributed by atoms with E-state index in [0.29, 0.717) is 12.1 Å². The summed E-state index contributed by atoms with van der Waals surface area (Å²) in [5.74, 6) is -0.243. The van der Waals surface area contributed by atoms with E-state index < -0.39 is 0 Å². The van der Waals surface area contributed by atoms with E-state index in [-0.39, 0.29) is 5.82 Å². The predicted octanol–water partition coefficient (Wildman–Crippen LogP) is 3.50. The quantitative estimate of drug-likeness (QED) is 0.758. The van der Waals surface area contributed by atoms with Crippen molar-refractivity contribution in [3.63, 3.8) is 0 Å². The molecule has 0 radical (unpaired) electrons. The van der Waals surface area contributed by atoms with Crippen LogP contribution >= 0.6 is 0 Å². The minimum atomic E-state index is -0.243. The first-order valence-corrected chi connectivity index (χ1v) is 6.11. The third kappa shape index (κ3) is 2.09. The largest absolute Gasteiger partial charge is 0.326 e. The van der Waals surface area contributed by atoms with E-state index in [1.807, 2.05) is 30.3 Å². The first-order chi connectivity index (χ1) is 9.29. The molecule has 0 atom stereocenters. The second-order valence-electron chi connectivity index (χ2n) is 4.42. The molecule has 0 amide bonds. The second kappa shape index (κ2) is 4.78. The van der Waals surface area contributed by atoms with Gasteiger partial charge in [-0.3, -0.25) is 4.98 Å². The molecule has 0 saturated carbocycles. The van der Waals surface area contributed by atoms with Crippen molar-refractivity contribution in [3.05, 3.63) is 66.2 Å². The Hall–Kier alpha value is -2.26. The van der Waals surface area contributed by atoms with E-state index in [0.717, 1.165) is 21.9 Å². The average molecular weight is 252 g/mol. The van der Waals surface area contributed by atoms with Gasteiger partial charge < -0.3 is 5.73 Å². The van der Waals surface area contributed by atoms with Crippen LogP contribution in [-0.2, 0) is 6.54 Å². The Morgan fingerprint density at radius 3 is 2.74 bits per heavy atom. The summed E-state index contributed by atoms with van der Waals surface area (Å²) in [6, 6.07) is 12.8. The highest BCUT2D eigenvalue weighted by atomic mass is 19.1. The Bertz CT molecular complexity index is 732. The van der Waals surface area contributed by atoms with Crippen LogP contribution in [0.5, 0.6) is 0 Å². The lowest BCUT2D eigenvalue weighted by Gasteiger charge is -2.08. The van der Waals surface area contributed by atoms with E-state index >= 15 is 0 Å². The summed E-state index contributed by atoms with van der Waals surface area (Å²) in [5, 5.41) is 2.00. The van der Waals surface area contributed by atoms with Gasteiger partial charge in [-0.15, -0.1) is 0 Å². The van der Waals surface area contributed by atoms with Gasteiger partial charge in [0.1, 0.15) is 5.82 Å². The van der Waals surface area contributed by atoms with Gasteiger partial charge >= 0.3 is 0 Å². The molecule has 3 heteroatoms. The number of nitrogens with zero attached hydrogens (tertiary/aromatic N) is 1. The molecule has 2 N–H and O–H groups in total. The lowest BCUT2D eigenvalue weighted by molar-refractivity contribution is 0.629. The van der Waals surface area contributed by atoms with Gasteiger partial charge in [0, 0.05) is 29.9 Å². The van der Waals surface area contributed by atoms with E-state index in [2.05, 4.69) is 4.98 Å². The monoisotopic (exact) mass is 252 g/mol. The third-order valence-electron chi connectivity index (χ3n) is 3.24. The van der Waals surface area contributed by atoms with Gasteiger partial charge in [-0.1, -0.05) is 30.3 Å². The predicted molar refractivity (Wildman–Crippen MR) is 75.0 cm³/mol. The topological polar surface area (TPSA) is 38.9 Å². The summed E-state index contributed by atoms with van der Waals surface area (Å²) < 4.78 is 14.2. The van der Waals surface area contributed by atoms with Crippen LogP contribution in [0.4, 0.5) is 4.39 Å². The van der Waals surface area contributed by atoms with Crippen LogP contribution < -0.4 is 5.73 Å². The van der Waals surface area contributed by atoms with Gasteiger partial charge in [-0.25, -0.2) is 4.39 Å². The summed E-state index contributed by atoms with van der Waals surface area (Å²) in [5.41, 5.74) is 7.79. The zero-order chi connectivity index (χ0) is 13.2. The fraction of sp³-hybridized carbons (Fsp3) is 0.0625. The van der Waals surface area contributed by atoms with E-state index in [9.17, 15) is 4.39 Å². The summed E-state index contributed by atoms with van der Waals surface area (Å²) in [4.78, 5) is 4.09. The summed E-state index contributed by atoms with van der Waals surface area (Å²) in [6.07, 6.45) is 3.50. The molecule has 1 heterocycles. The van der Waals surface area contributed by atoms with Crippen molar-refractivity contribution in [1.82, 2.24) is 4.98 Å². The van der Waals surface area contributed by atoms with E-state index in [1.54, 1.807) is 18.5 Å². The van der Waals surface area contributed by atoms with Gasteiger partial charge in [-0.05, 0) is 28.6 Å². The molecule has 0 unspecified atom stereocenters. The van der Waals surface area contributed by atoms with Gasteiger partial charge in [-0.2, -0.15) is 0 Å². The second-order valence-corrected chi connectivity index (χ2v) is 4.42. The van der Waals surface area contributed by atoms with Crippen LogP contribution in [0.1, 0.15) is 5.56 Å². The lowest BCUT2D eigenvalue weighted by Crippen LogP contribution is -1.97. The molecule has 2 aromatic carbocycles. The number of pyridine rings is 1.